The average Bonchev–Trinajstić information content (AvgIpc) is 2.09. The van der Waals surface area contributed by atoms with Crippen molar-refractivity contribution in [1.29, 1.82) is 0 Å². The zero-order chi connectivity index (χ0) is 10.8. The number of alkyl halides is 2. The molecule has 1 aromatic carbocycles. The third-order valence-corrected chi connectivity index (χ3v) is 2.71. The van der Waals surface area contributed by atoms with Crippen LogP contribution >= 0.6 is 27.5 Å². The van der Waals surface area contributed by atoms with Gasteiger partial charge in [-0.3, -0.25) is 0 Å². The molecule has 0 atom stereocenters. The normalized spacial score (nSPS) is 11.8. The van der Waals surface area contributed by atoms with E-state index < -0.39 is 5.92 Å². The molecule has 2 N–H and O–H groups in total. The van der Waals surface area contributed by atoms with Gasteiger partial charge in [0.05, 0.1) is 0 Å². The maximum atomic E-state index is 13.4. The molecule has 0 saturated heterocycles. The summed E-state index contributed by atoms with van der Waals surface area (Å²) in [7, 11) is 0. The Morgan fingerprint density at radius 1 is 1.43 bits per heavy atom. The highest BCUT2D eigenvalue weighted by molar-refractivity contribution is 9.10. The molecule has 0 heterocycles. The van der Waals surface area contributed by atoms with E-state index in [2.05, 4.69) is 15.9 Å². The summed E-state index contributed by atoms with van der Waals surface area (Å²) >= 11 is 8.69. The minimum atomic E-state index is -2.93. The van der Waals surface area contributed by atoms with Gasteiger partial charge in [-0.25, -0.2) is 8.78 Å². The van der Waals surface area contributed by atoms with E-state index in [9.17, 15) is 8.78 Å². The van der Waals surface area contributed by atoms with Gasteiger partial charge in [-0.15, -0.1) is 0 Å². The van der Waals surface area contributed by atoms with Crippen LogP contribution in [0.2, 0.25) is 5.02 Å². The lowest BCUT2D eigenvalue weighted by atomic mass is 10.1. The largest absolute Gasteiger partial charge is 0.330 e. The molecule has 0 aliphatic rings. The summed E-state index contributed by atoms with van der Waals surface area (Å²) in [6, 6.07) is 4.30. The number of rotatable bonds is 3. The zero-order valence-electron chi connectivity index (χ0n) is 7.24. The Balaban J connectivity index is 3.10. The van der Waals surface area contributed by atoms with Crippen LogP contribution in [0.1, 0.15) is 12.0 Å². The first-order chi connectivity index (χ1) is 6.47. The Morgan fingerprint density at radius 3 is 2.64 bits per heavy atom. The van der Waals surface area contributed by atoms with Crippen LogP contribution < -0.4 is 5.73 Å². The van der Waals surface area contributed by atoms with Crippen molar-refractivity contribution in [3.8, 4) is 0 Å². The maximum absolute atomic E-state index is 13.4. The molecule has 0 aliphatic carbocycles. The van der Waals surface area contributed by atoms with Gasteiger partial charge >= 0.3 is 0 Å². The molecule has 0 aromatic heterocycles. The molecule has 0 fully saturated rings. The summed E-state index contributed by atoms with van der Waals surface area (Å²) in [6.45, 7) is -0.0635. The number of halogens is 4. The van der Waals surface area contributed by atoms with Gasteiger partial charge in [0.25, 0.3) is 5.92 Å². The van der Waals surface area contributed by atoms with Gasteiger partial charge in [0.2, 0.25) is 0 Å². The molecule has 0 radical (unpaired) electrons. The van der Waals surface area contributed by atoms with Crippen LogP contribution in [-0.4, -0.2) is 6.54 Å². The van der Waals surface area contributed by atoms with Crippen LogP contribution in [0.15, 0.2) is 22.7 Å². The number of hydrogen-bond acceptors (Lipinski definition) is 1. The van der Waals surface area contributed by atoms with Crippen molar-refractivity contribution in [2.24, 2.45) is 5.73 Å². The van der Waals surface area contributed by atoms with Crippen molar-refractivity contribution >= 4 is 27.5 Å². The molecule has 1 nitrogen and oxygen atoms in total. The molecule has 0 unspecified atom stereocenters. The smallest absolute Gasteiger partial charge is 0.275 e. The summed E-state index contributed by atoms with van der Waals surface area (Å²) < 4.78 is 27.2. The van der Waals surface area contributed by atoms with Gasteiger partial charge in [0.15, 0.2) is 0 Å². The molecule has 0 spiro atoms. The standard InChI is InChI=1S/C9H9BrClF2N/c10-8-2-1-6(11)5-7(8)9(12,13)3-4-14/h1-2,5H,3-4,14H2. The van der Waals surface area contributed by atoms with Crippen LogP contribution in [0.4, 0.5) is 8.78 Å². The van der Waals surface area contributed by atoms with E-state index in [0.717, 1.165) is 0 Å². The highest BCUT2D eigenvalue weighted by Gasteiger charge is 2.32. The summed E-state index contributed by atoms with van der Waals surface area (Å²) in [6.07, 6.45) is -0.383. The van der Waals surface area contributed by atoms with Crippen molar-refractivity contribution in [3.05, 3.63) is 33.3 Å². The molecule has 78 valence electrons. The fourth-order valence-corrected chi connectivity index (χ4v) is 1.80. The molecule has 14 heavy (non-hydrogen) atoms. The summed E-state index contributed by atoms with van der Waals surface area (Å²) in [5.74, 6) is -2.93. The van der Waals surface area contributed by atoms with Gasteiger partial charge in [0.1, 0.15) is 0 Å². The van der Waals surface area contributed by atoms with Crippen molar-refractivity contribution in [2.75, 3.05) is 6.54 Å². The minimum absolute atomic E-state index is 0.0635. The molecule has 0 bridgehead atoms. The zero-order valence-corrected chi connectivity index (χ0v) is 9.58. The second-order valence-electron chi connectivity index (χ2n) is 2.87. The minimum Gasteiger partial charge on any atom is -0.330 e. The SMILES string of the molecule is NCCC(F)(F)c1cc(Cl)ccc1Br. The first-order valence-corrected chi connectivity index (χ1v) is 5.18. The van der Waals surface area contributed by atoms with Gasteiger partial charge in [-0.05, 0) is 24.7 Å². The summed E-state index contributed by atoms with van der Waals surface area (Å²) in [5, 5.41) is 0.292. The van der Waals surface area contributed by atoms with Gasteiger partial charge in [-0.1, -0.05) is 27.5 Å². The quantitative estimate of drug-likeness (QED) is 0.902. The Hall–Kier alpha value is -0.190. The first kappa shape index (κ1) is 11.9. The molecule has 0 saturated carbocycles. The molecular formula is C9H9BrClF2N. The third-order valence-electron chi connectivity index (χ3n) is 1.78. The Kier molecular flexibility index (Phi) is 3.86. The lowest BCUT2D eigenvalue weighted by Crippen LogP contribution is -2.19. The van der Waals surface area contributed by atoms with Gasteiger partial charge in [0, 0.05) is 21.5 Å². The Morgan fingerprint density at radius 2 is 2.07 bits per heavy atom. The lowest BCUT2D eigenvalue weighted by molar-refractivity contribution is -0.0114. The third kappa shape index (κ3) is 2.65. The van der Waals surface area contributed by atoms with Crippen LogP contribution in [0.3, 0.4) is 0 Å². The van der Waals surface area contributed by atoms with Crippen molar-refractivity contribution in [2.45, 2.75) is 12.3 Å². The van der Waals surface area contributed by atoms with Crippen LogP contribution in [-0.2, 0) is 5.92 Å². The highest BCUT2D eigenvalue weighted by atomic mass is 79.9. The monoisotopic (exact) mass is 283 g/mol. The molecule has 0 amide bonds. The topological polar surface area (TPSA) is 26.0 Å². The fraction of sp³-hybridized carbons (Fsp3) is 0.333. The van der Waals surface area contributed by atoms with E-state index in [1.807, 2.05) is 0 Å². The Labute approximate surface area is 94.4 Å². The van der Waals surface area contributed by atoms with Gasteiger partial charge < -0.3 is 5.73 Å². The number of benzene rings is 1. The van der Waals surface area contributed by atoms with Crippen LogP contribution in [0.25, 0.3) is 0 Å². The lowest BCUT2D eigenvalue weighted by Gasteiger charge is -2.17. The average molecular weight is 285 g/mol. The van der Waals surface area contributed by atoms with Crippen molar-refractivity contribution < 1.29 is 8.78 Å². The highest BCUT2D eigenvalue weighted by Crippen LogP contribution is 2.37. The molecule has 0 aliphatic heterocycles. The van der Waals surface area contributed by atoms with Crippen molar-refractivity contribution in [3.63, 3.8) is 0 Å². The second kappa shape index (κ2) is 4.55. The Bertz CT molecular complexity index is 331. The molecule has 1 aromatic rings. The van der Waals surface area contributed by atoms with E-state index in [1.54, 1.807) is 6.07 Å². The van der Waals surface area contributed by atoms with E-state index >= 15 is 0 Å². The number of hydrogen-bond donors (Lipinski definition) is 1. The van der Waals surface area contributed by atoms with E-state index in [0.29, 0.717) is 9.50 Å². The van der Waals surface area contributed by atoms with Crippen LogP contribution in [0.5, 0.6) is 0 Å². The predicted molar refractivity (Wildman–Crippen MR) is 56.7 cm³/mol. The van der Waals surface area contributed by atoms with E-state index in [-0.39, 0.29) is 18.5 Å². The number of nitrogens with two attached hydrogens (primary N) is 1. The van der Waals surface area contributed by atoms with E-state index in [4.69, 9.17) is 17.3 Å². The van der Waals surface area contributed by atoms with Crippen LogP contribution in [0, 0.1) is 0 Å². The molecule has 1 rings (SSSR count). The van der Waals surface area contributed by atoms with E-state index in [1.165, 1.54) is 12.1 Å². The maximum Gasteiger partial charge on any atom is 0.275 e. The summed E-state index contributed by atoms with van der Waals surface area (Å²) in [4.78, 5) is 0. The fourth-order valence-electron chi connectivity index (χ4n) is 1.09. The predicted octanol–water partition coefficient (Wildman–Crippen LogP) is 3.54. The molecular weight excluding hydrogens is 275 g/mol. The van der Waals surface area contributed by atoms with Crippen molar-refractivity contribution in [1.82, 2.24) is 0 Å². The van der Waals surface area contributed by atoms with Gasteiger partial charge in [-0.2, -0.15) is 0 Å². The molecule has 5 heteroatoms. The summed E-state index contributed by atoms with van der Waals surface area (Å²) in [5.41, 5.74) is 5.00. The first-order valence-electron chi connectivity index (χ1n) is 4.01. The second-order valence-corrected chi connectivity index (χ2v) is 4.16.